The van der Waals surface area contributed by atoms with Crippen LogP contribution in [0.1, 0.15) is 48.4 Å². The van der Waals surface area contributed by atoms with Gasteiger partial charge in [0.05, 0.1) is 29.1 Å². The van der Waals surface area contributed by atoms with Crippen molar-refractivity contribution in [2.24, 2.45) is 5.41 Å². The molecule has 0 fully saturated rings. The van der Waals surface area contributed by atoms with Crippen molar-refractivity contribution in [3.05, 3.63) is 59.7 Å². The highest BCUT2D eigenvalue weighted by Crippen LogP contribution is 2.23. The lowest BCUT2D eigenvalue weighted by atomic mass is 9.95. The van der Waals surface area contributed by atoms with Gasteiger partial charge in [0, 0.05) is 5.41 Å². The van der Waals surface area contributed by atoms with Crippen LogP contribution in [0.3, 0.4) is 0 Å². The fourth-order valence-electron chi connectivity index (χ4n) is 2.27. The van der Waals surface area contributed by atoms with Gasteiger partial charge in [0.1, 0.15) is 0 Å². The van der Waals surface area contributed by atoms with Gasteiger partial charge in [0.25, 0.3) is 5.91 Å². The van der Waals surface area contributed by atoms with E-state index >= 15 is 0 Å². The van der Waals surface area contributed by atoms with Crippen LogP contribution in [0.25, 0.3) is 0 Å². The number of anilines is 2. The molecule has 0 saturated carbocycles. The molecule has 2 aromatic carbocycles. The molecule has 0 aliphatic heterocycles. The van der Waals surface area contributed by atoms with Crippen molar-refractivity contribution in [3.8, 4) is 0 Å². The van der Waals surface area contributed by atoms with Crippen molar-refractivity contribution in [3.63, 3.8) is 0 Å². The molecular weight excluding hydrogens is 344 g/mol. The lowest BCUT2D eigenvalue weighted by Gasteiger charge is -2.19. The molecule has 2 aromatic rings. The Morgan fingerprint density at radius 1 is 0.852 bits per heavy atom. The van der Waals surface area contributed by atoms with E-state index in [-0.39, 0.29) is 18.1 Å². The Morgan fingerprint density at radius 2 is 1.37 bits per heavy atom. The minimum absolute atomic E-state index is 0.199. The molecule has 0 unspecified atom stereocenters. The summed E-state index contributed by atoms with van der Waals surface area (Å²) in [5, 5.41) is 5.51. The molecule has 0 radical (unpaired) electrons. The Hall–Kier alpha value is -3.15. The molecule has 27 heavy (non-hydrogen) atoms. The topological polar surface area (TPSA) is 84.5 Å². The Bertz CT molecular complexity index is 853. The summed E-state index contributed by atoms with van der Waals surface area (Å²) in [5.41, 5.74) is 0.721. The summed E-state index contributed by atoms with van der Waals surface area (Å²) in [7, 11) is 0. The first-order valence-electron chi connectivity index (χ1n) is 8.72. The first-order valence-corrected chi connectivity index (χ1v) is 8.72. The molecule has 0 heterocycles. The van der Waals surface area contributed by atoms with E-state index in [4.69, 9.17) is 4.74 Å². The molecule has 0 atom stereocenters. The number of hydrogen-bond acceptors (Lipinski definition) is 4. The third-order valence-corrected chi connectivity index (χ3v) is 3.77. The van der Waals surface area contributed by atoms with Gasteiger partial charge in [-0.3, -0.25) is 9.59 Å². The summed E-state index contributed by atoms with van der Waals surface area (Å²) < 4.78 is 5.02. The number of rotatable bonds is 5. The first-order chi connectivity index (χ1) is 12.7. The summed E-state index contributed by atoms with van der Waals surface area (Å²) in [5.74, 6) is -1.14. The van der Waals surface area contributed by atoms with Gasteiger partial charge in [-0.2, -0.15) is 0 Å². The molecule has 142 valence electrons. The number of amides is 2. The smallest absolute Gasteiger partial charge is 0.340 e. The van der Waals surface area contributed by atoms with Crippen LogP contribution in [-0.4, -0.2) is 24.4 Å². The minimum Gasteiger partial charge on any atom is -0.462 e. The van der Waals surface area contributed by atoms with Crippen molar-refractivity contribution < 1.29 is 19.1 Å². The van der Waals surface area contributed by atoms with Gasteiger partial charge in [-0.25, -0.2) is 4.79 Å². The van der Waals surface area contributed by atoms with Gasteiger partial charge >= 0.3 is 5.97 Å². The fraction of sp³-hybridized carbons (Fsp3) is 0.286. The lowest BCUT2D eigenvalue weighted by Crippen LogP contribution is -2.29. The van der Waals surface area contributed by atoms with Crippen LogP contribution in [0, 0.1) is 5.41 Å². The fourth-order valence-corrected chi connectivity index (χ4v) is 2.27. The third kappa shape index (κ3) is 5.17. The van der Waals surface area contributed by atoms with Gasteiger partial charge in [0.15, 0.2) is 0 Å². The zero-order chi connectivity index (χ0) is 20.0. The van der Waals surface area contributed by atoms with Crippen LogP contribution >= 0.6 is 0 Å². The van der Waals surface area contributed by atoms with E-state index < -0.39 is 17.3 Å². The van der Waals surface area contributed by atoms with Crippen LogP contribution < -0.4 is 10.6 Å². The van der Waals surface area contributed by atoms with Crippen LogP contribution in [0.4, 0.5) is 11.4 Å². The van der Waals surface area contributed by atoms with E-state index in [0.717, 1.165) is 0 Å². The van der Waals surface area contributed by atoms with E-state index in [0.29, 0.717) is 16.9 Å². The zero-order valence-corrected chi connectivity index (χ0v) is 16.0. The van der Waals surface area contributed by atoms with Gasteiger partial charge in [-0.1, -0.05) is 45.0 Å². The summed E-state index contributed by atoms with van der Waals surface area (Å²) in [6.45, 7) is 7.33. The molecule has 2 amide bonds. The van der Waals surface area contributed by atoms with E-state index in [2.05, 4.69) is 10.6 Å². The maximum absolute atomic E-state index is 12.8. The molecule has 0 spiro atoms. The van der Waals surface area contributed by atoms with Gasteiger partial charge < -0.3 is 15.4 Å². The quantitative estimate of drug-likeness (QED) is 0.778. The highest BCUT2D eigenvalue weighted by atomic mass is 16.5. The predicted octanol–water partition coefficient (Wildman–Crippen LogP) is 4.10. The first kappa shape index (κ1) is 20.2. The normalized spacial score (nSPS) is 10.8. The maximum atomic E-state index is 12.8. The van der Waals surface area contributed by atoms with E-state index in [1.165, 1.54) is 0 Å². The van der Waals surface area contributed by atoms with Crippen LogP contribution in [-0.2, 0) is 9.53 Å². The highest BCUT2D eigenvalue weighted by molar-refractivity contribution is 6.12. The van der Waals surface area contributed by atoms with Gasteiger partial charge in [-0.05, 0) is 31.2 Å². The molecule has 0 aliphatic rings. The number of carbonyl (C=O) groups excluding carboxylic acids is 3. The van der Waals surface area contributed by atoms with Crippen molar-refractivity contribution in [1.29, 1.82) is 0 Å². The van der Waals surface area contributed by atoms with Crippen molar-refractivity contribution in [2.75, 3.05) is 17.2 Å². The molecule has 0 aromatic heterocycles. The van der Waals surface area contributed by atoms with E-state index in [1.807, 2.05) is 0 Å². The maximum Gasteiger partial charge on any atom is 0.340 e. The molecule has 0 aliphatic carbocycles. The SMILES string of the molecule is CCOC(=O)c1ccccc1NC(=O)c1ccccc1NC(=O)C(C)(C)C. The van der Waals surface area contributed by atoms with Gasteiger partial charge in [0.2, 0.25) is 5.91 Å². The molecule has 6 nitrogen and oxygen atoms in total. The Balaban J connectivity index is 2.28. The number of para-hydroxylation sites is 2. The standard InChI is InChI=1S/C21H24N2O4/c1-5-27-19(25)15-11-7-9-13-17(15)22-18(24)14-10-6-8-12-16(14)23-20(26)21(2,3)4/h6-13H,5H2,1-4H3,(H,22,24)(H,23,26). The predicted molar refractivity (Wildman–Crippen MR) is 105 cm³/mol. The summed E-state index contributed by atoms with van der Waals surface area (Å²) in [6, 6.07) is 13.3. The summed E-state index contributed by atoms with van der Waals surface area (Å²) >= 11 is 0. The van der Waals surface area contributed by atoms with Crippen LogP contribution in [0.5, 0.6) is 0 Å². The zero-order valence-electron chi connectivity index (χ0n) is 16.0. The van der Waals surface area contributed by atoms with Crippen molar-refractivity contribution >= 4 is 29.2 Å². The van der Waals surface area contributed by atoms with E-state index in [1.54, 1.807) is 76.2 Å². The number of ether oxygens (including phenoxy) is 1. The second-order valence-electron chi connectivity index (χ2n) is 6.97. The number of benzene rings is 2. The summed E-state index contributed by atoms with van der Waals surface area (Å²) in [6.07, 6.45) is 0. The van der Waals surface area contributed by atoms with Crippen LogP contribution in [0.15, 0.2) is 48.5 Å². The number of esters is 1. The second kappa shape index (κ2) is 8.49. The average Bonchev–Trinajstić information content (AvgIpc) is 2.62. The molecule has 6 heteroatoms. The van der Waals surface area contributed by atoms with Crippen molar-refractivity contribution in [2.45, 2.75) is 27.7 Å². The number of carbonyl (C=O) groups is 3. The highest BCUT2D eigenvalue weighted by Gasteiger charge is 2.23. The molecule has 2 N–H and O–H groups in total. The second-order valence-corrected chi connectivity index (χ2v) is 6.97. The lowest BCUT2D eigenvalue weighted by molar-refractivity contribution is -0.123. The van der Waals surface area contributed by atoms with E-state index in [9.17, 15) is 14.4 Å². The van der Waals surface area contributed by atoms with Gasteiger partial charge in [-0.15, -0.1) is 0 Å². The average molecular weight is 368 g/mol. The molecule has 2 rings (SSSR count). The van der Waals surface area contributed by atoms with Crippen LogP contribution in [0.2, 0.25) is 0 Å². The monoisotopic (exact) mass is 368 g/mol. The largest absolute Gasteiger partial charge is 0.462 e. The number of hydrogen-bond donors (Lipinski definition) is 2. The molecule has 0 saturated heterocycles. The minimum atomic E-state index is -0.597. The van der Waals surface area contributed by atoms with Crippen molar-refractivity contribution in [1.82, 2.24) is 0 Å². The molecule has 0 bridgehead atoms. The Kier molecular flexibility index (Phi) is 6.34. The Labute approximate surface area is 158 Å². The molecular formula is C21H24N2O4. The summed E-state index contributed by atoms with van der Waals surface area (Å²) in [4.78, 5) is 37.1. The third-order valence-electron chi connectivity index (χ3n) is 3.77. The number of nitrogens with one attached hydrogen (secondary N) is 2. The Morgan fingerprint density at radius 3 is 1.93 bits per heavy atom.